The predicted molar refractivity (Wildman–Crippen MR) is 71.7 cm³/mol. The number of pyridine rings is 1. The van der Waals surface area contributed by atoms with Crippen LogP contribution >= 0.6 is 0 Å². The molecule has 0 radical (unpaired) electrons. The van der Waals surface area contributed by atoms with E-state index in [0.717, 1.165) is 23.9 Å². The first-order chi connectivity index (χ1) is 8.65. The molecule has 100 valence electrons. The van der Waals surface area contributed by atoms with Crippen LogP contribution in [0.1, 0.15) is 51.1 Å². The van der Waals surface area contributed by atoms with E-state index in [4.69, 9.17) is 0 Å². The highest BCUT2D eigenvalue weighted by atomic mass is 19.1. The van der Waals surface area contributed by atoms with Crippen molar-refractivity contribution < 1.29 is 4.39 Å². The molecule has 0 bridgehead atoms. The zero-order valence-corrected chi connectivity index (χ0v) is 11.3. The van der Waals surface area contributed by atoms with Crippen molar-refractivity contribution in [3.8, 4) is 0 Å². The summed E-state index contributed by atoms with van der Waals surface area (Å²) in [4.78, 5) is 3.90. The summed E-state index contributed by atoms with van der Waals surface area (Å²) < 4.78 is 13.1. The molecule has 2 rings (SSSR count). The van der Waals surface area contributed by atoms with E-state index >= 15 is 0 Å². The maximum Gasteiger partial charge on any atom is 0.141 e. The van der Waals surface area contributed by atoms with Gasteiger partial charge < -0.3 is 5.32 Å². The minimum atomic E-state index is -0.257. The fourth-order valence-electron chi connectivity index (χ4n) is 2.87. The van der Waals surface area contributed by atoms with Crippen LogP contribution in [0.3, 0.4) is 0 Å². The highest BCUT2D eigenvalue weighted by Crippen LogP contribution is 2.28. The van der Waals surface area contributed by atoms with Crippen molar-refractivity contribution in [2.24, 2.45) is 11.8 Å². The third-order valence-corrected chi connectivity index (χ3v) is 3.98. The SMILES string of the molecule is CC1CCCC(CNC(C)c2cncc(F)c2)C1. The van der Waals surface area contributed by atoms with E-state index in [-0.39, 0.29) is 11.9 Å². The summed E-state index contributed by atoms with van der Waals surface area (Å²) in [5, 5.41) is 3.51. The van der Waals surface area contributed by atoms with Gasteiger partial charge in [0.1, 0.15) is 5.82 Å². The number of halogens is 1. The van der Waals surface area contributed by atoms with Gasteiger partial charge in [0.05, 0.1) is 6.20 Å². The summed E-state index contributed by atoms with van der Waals surface area (Å²) >= 11 is 0. The van der Waals surface area contributed by atoms with Crippen LogP contribution in [0.25, 0.3) is 0 Å². The van der Waals surface area contributed by atoms with Gasteiger partial charge in [-0.25, -0.2) is 4.39 Å². The zero-order chi connectivity index (χ0) is 13.0. The van der Waals surface area contributed by atoms with Gasteiger partial charge in [0.15, 0.2) is 0 Å². The Morgan fingerprint density at radius 1 is 1.44 bits per heavy atom. The number of hydrogen-bond donors (Lipinski definition) is 1. The molecule has 3 unspecified atom stereocenters. The molecule has 0 spiro atoms. The van der Waals surface area contributed by atoms with Crippen LogP contribution in [0.4, 0.5) is 4.39 Å². The molecule has 1 aliphatic rings. The molecule has 18 heavy (non-hydrogen) atoms. The van der Waals surface area contributed by atoms with Gasteiger partial charge in [-0.05, 0) is 49.8 Å². The molecule has 1 heterocycles. The summed E-state index contributed by atoms with van der Waals surface area (Å²) in [6.45, 7) is 5.44. The standard InChI is InChI=1S/C15H23FN2/c1-11-4-3-5-13(6-11)8-18-12(2)14-7-15(16)10-17-9-14/h7,9-13,18H,3-6,8H2,1-2H3. The lowest BCUT2D eigenvalue weighted by Gasteiger charge is -2.28. The van der Waals surface area contributed by atoms with Crippen LogP contribution in [0, 0.1) is 17.7 Å². The molecule has 1 N–H and O–H groups in total. The average molecular weight is 250 g/mol. The first-order valence-electron chi connectivity index (χ1n) is 6.99. The molecular formula is C15H23FN2. The van der Waals surface area contributed by atoms with Crippen molar-refractivity contribution in [2.45, 2.75) is 45.6 Å². The van der Waals surface area contributed by atoms with Crippen molar-refractivity contribution in [3.05, 3.63) is 29.8 Å². The molecule has 1 saturated carbocycles. The van der Waals surface area contributed by atoms with E-state index in [9.17, 15) is 4.39 Å². The zero-order valence-electron chi connectivity index (χ0n) is 11.3. The number of aromatic nitrogens is 1. The maximum atomic E-state index is 13.1. The Hall–Kier alpha value is -0.960. The summed E-state index contributed by atoms with van der Waals surface area (Å²) in [5.74, 6) is 1.38. The molecule has 1 fully saturated rings. The van der Waals surface area contributed by atoms with Gasteiger partial charge >= 0.3 is 0 Å². The quantitative estimate of drug-likeness (QED) is 0.881. The van der Waals surface area contributed by atoms with Crippen molar-refractivity contribution in [1.82, 2.24) is 10.3 Å². The van der Waals surface area contributed by atoms with Gasteiger partial charge in [0.25, 0.3) is 0 Å². The Balaban J connectivity index is 1.82. The monoisotopic (exact) mass is 250 g/mol. The molecule has 0 aromatic carbocycles. The van der Waals surface area contributed by atoms with E-state index < -0.39 is 0 Å². The minimum absolute atomic E-state index is 0.172. The Kier molecular flexibility index (Phi) is 4.70. The van der Waals surface area contributed by atoms with Crippen molar-refractivity contribution in [2.75, 3.05) is 6.54 Å². The third kappa shape index (κ3) is 3.77. The largest absolute Gasteiger partial charge is 0.310 e. The number of nitrogens with one attached hydrogen (secondary N) is 1. The molecule has 2 nitrogen and oxygen atoms in total. The van der Waals surface area contributed by atoms with E-state index in [1.807, 2.05) is 0 Å². The molecular weight excluding hydrogens is 227 g/mol. The lowest BCUT2D eigenvalue weighted by molar-refractivity contribution is 0.268. The molecule has 0 amide bonds. The Morgan fingerprint density at radius 3 is 3.00 bits per heavy atom. The summed E-state index contributed by atoms with van der Waals surface area (Å²) in [6, 6.07) is 1.74. The fourth-order valence-corrected chi connectivity index (χ4v) is 2.87. The molecule has 0 aliphatic heterocycles. The molecule has 3 heteroatoms. The van der Waals surface area contributed by atoms with Crippen molar-refractivity contribution in [1.29, 1.82) is 0 Å². The average Bonchev–Trinajstić information content (AvgIpc) is 2.36. The molecule has 1 aliphatic carbocycles. The first-order valence-corrected chi connectivity index (χ1v) is 6.99. The van der Waals surface area contributed by atoms with Gasteiger partial charge in [0.2, 0.25) is 0 Å². The van der Waals surface area contributed by atoms with Crippen LogP contribution in [0.15, 0.2) is 18.5 Å². The summed E-state index contributed by atoms with van der Waals surface area (Å²) in [6.07, 6.45) is 8.36. The Morgan fingerprint density at radius 2 is 2.28 bits per heavy atom. The fraction of sp³-hybridized carbons (Fsp3) is 0.667. The topological polar surface area (TPSA) is 24.9 Å². The van der Waals surface area contributed by atoms with E-state index in [1.54, 1.807) is 12.3 Å². The molecule has 1 aromatic heterocycles. The van der Waals surface area contributed by atoms with Crippen LogP contribution < -0.4 is 5.32 Å². The molecule has 1 aromatic rings. The van der Waals surface area contributed by atoms with Crippen LogP contribution in [0.5, 0.6) is 0 Å². The first kappa shape index (κ1) is 13.5. The lowest BCUT2D eigenvalue weighted by atomic mass is 9.82. The maximum absolute atomic E-state index is 13.1. The van der Waals surface area contributed by atoms with Crippen molar-refractivity contribution in [3.63, 3.8) is 0 Å². The summed E-state index contributed by atoms with van der Waals surface area (Å²) in [5.41, 5.74) is 0.929. The number of rotatable bonds is 4. The normalized spacial score (nSPS) is 25.9. The van der Waals surface area contributed by atoms with Gasteiger partial charge in [-0.2, -0.15) is 0 Å². The highest BCUT2D eigenvalue weighted by Gasteiger charge is 2.19. The number of nitrogens with zero attached hydrogens (tertiary/aromatic N) is 1. The second-order valence-corrected chi connectivity index (χ2v) is 5.70. The van der Waals surface area contributed by atoms with Gasteiger partial charge in [0, 0.05) is 12.2 Å². The Bertz CT molecular complexity index is 381. The van der Waals surface area contributed by atoms with Crippen LogP contribution in [0.2, 0.25) is 0 Å². The third-order valence-electron chi connectivity index (χ3n) is 3.98. The smallest absolute Gasteiger partial charge is 0.141 e. The van der Waals surface area contributed by atoms with Gasteiger partial charge in [-0.3, -0.25) is 4.98 Å². The van der Waals surface area contributed by atoms with E-state index in [2.05, 4.69) is 24.1 Å². The second kappa shape index (κ2) is 6.28. The minimum Gasteiger partial charge on any atom is -0.310 e. The second-order valence-electron chi connectivity index (χ2n) is 5.70. The van der Waals surface area contributed by atoms with Crippen LogP contribution in [-0.4, -0.2) is 11.5 Å². The van der Waals surface area contributed by atoms with Gasteiger partial charge in [-0.1, -0.05) is 19.8 Å². The van der Waals surface area contributed by atoms with E-state index in [0.29, 0.717) is 0 Å². The number of hydrogen-bond acceptors (Lipinski definition) is 2. The highest BCUT2D eigenvalue weighted by molar-refractivity contribution is 5.14. The van der Waals surface area contributed by atoms with E-state index in [1.165, 1.54) is 31.9 Å². The predicted octanol–water partition coefficient (Wildman–Crippen LogP) is 3.70. The van der Waals surface area contributed by atoms with Crippen molar-refractivity contribution >= 4 is 0 Å². The molecule has 3 atom stereocenters. The summed E-state index contributed by atoms with van der Waals surface area (Å²) in [7, 11) is 0. The Labute approximate surface area is 109 Å². The molecule has 0 saturated heterocycles. The van der Waals surface area contributed by atoms with Gasteiger partial charge in [-0.15, -0.1) is 0 Å². The van der Waals surface area contributed by atoms with Crippen LogP contribution in [-0.2, 0) is 0 Å². The lowest BCUT2D eigenvalue weighted by Crippen LogP contribution is -2.28.